The molecule has 1 N–H and O–H groups in total. The van der Waals surface area contributed by atoms with Gasteiger partial charge in [-0.1, -0.05) is 0 Å². The smallest absolute Gasteiger partial charge is 0.281 e. The van der Waals surface area contributed by atoms with Crippen molar-refractivity contribution in [3.8, 4) is 0 Å². The van der Waals surface area contributed by atoms with Gasteiger partial charge in [0.2, 0.25) is 0 Å². The molecule has 0 unspecified atom stereocenters. The number of piperidine rings is 1. The first-order valence-corrected chi connectivity index (χ1v) is 8.39. The van der Waals surface area contributed by atoms with Crippen LogP contribution in [0.4, 0.5) is 0 Å². The summed E-state index contributed by atoms with van der Waals surface area (Å²) in [4.78, 5) is 0. The zero-order chi connectivity index (χ0) is 14.3. The molecule has 0 aromatic rings. The second-order valence-electron chi connectivity index (χ2n) is 4.84. The van der Waals surface area contributed by atoms with Gasteiger partial charge < -0.3 is 10.1 Å². The van der Waals surface area contributed by atoms with E-state index in [0.717, 1.165) is 25.8 Å². The molecule has 0 saturated carbocycles. The molecule has 0 bridgehead atoms. The fourth-order valence-electron chi connectivity index (χ4n) is 2.26. The molecule has 7 heteroatoms. The van der Waals surface area contributed by atoms with Gasteiger partial charge in [0.25, 0.3) is 10.2 Å². The standard InChI is InChI=1S/C12H27N3O3S/c1-4-18-12-6-10-15(11-7-12)19(16,17)14(3)9-5-8-13-2/h12-13H,4-11H2,1-3H3. The molecule has 6 nitrogen and oxygen atoms in total. The van der Waals surface area contributed by atoms with E-state index in [4.69, 9.17) is 4.74 Å². The number of nitrogens with zero attached hydrogens (tertiary/aromatic N) is 2. The fraction of sp³-hybridized carbons (Fsp3) is 1.00. The van der Waals surface area contributed by atoms with Gasteiger partial charge in [-0.2, -0.15) is 17.0 Å². The Labute approximate surface area is 117 Å². The monoisotopic (exact) mass is 293 g/mol. The summed E-state index contributed by atoms with van der Waals surface area (Å²) in [5.41, 5.74) is 0. The number of hydrogen-bond donors (Lipinski definition) is 1. The van der Waals surface area contributed by atoms with Crippen LogP contribution in [0.15, 0.2) is 0 Å². The maximum Gasteiger partial charge on any atom is 0.281 e. The van der Waals surface area contributed by atoms with Crippen LogP contribution in [0.2, 0.25) is 0 Å². The van der Waals surface area contributed by atoms with Crippen LogP contribution in [-0.4, -0.2) is 70.0 Å². The molecule has 0 aliphatic carbocycles. The van der Waals surface area contributed by atoms with Crippen LogP contribution in [0.1, 0.15) is 26.2 Å². The zero-order valence-electron chi connectivity index (χ0n) is 12.3. The largest absolute Gasteiger partial charge is 0.378 e. The Kier molecular flexibility index (Phi) is 7.23. The van der Waals surface area contributed by atoms with E-state index < -0.39 is 10.2 Å². The van der Waals surface area contributed by atoms with Crippen LogP contribution in [-0.2, 0) is 14.9 Å². The van der Waals surface area contributed by atoms with E-state index in [1.807, 2.05) is 14.0 Å². The van der Waals surface area contributed by atoms with Gasteiger partial charge in [0.05, 0.1) is 6.10 Å². The van der Waals surface area contributed by atoms with Crippen molar-refractivity contribution in [2.24, 2.45) is 0 Å². The average molecular weight is 293 g/mol. The number of ether oxygens (including phenoxy) is 1. The zero-order valence-corrected chi connectivity index (χ0v) is 13.1. The van der Waals surface area contributed by atoms with E-state index in [2.05, 4.69) is 5.32 Å². The van der Waals surface area contributed by atoms with Crippen molar-refractivity contribution >= 4 is 10.2 Å². The van der Waals surface area contributed by atoms with E-state index in [9.17, 15) is 8.42 Å². The summed E-state index contributed by atoms with van der Waals surface area (Å²) in [6.07, 6.45) is 2.61. The molecule has 1 rings (SSSR count). The second kappa shape index (κ2) is 8.16. The molecule has 19 heavy (non-hydrogen) atoms. The third-order valence-corrected chi connectivity index (χ3v) is 5.41. The molecular formula is C12H27N3O3S. The minimum atomic E-state index is -3.30. The third kappa shape index (κ3) is 5.00. The molecule has 1 heterocycles. The molecule has 0 aromatic heterocycles. The Bertz CT molecular complexity index is 340. The van der Waals surface area contributed by atoms with Crippen molar-refractivity contribution in [2.75, 3.05) is 46.9 Å². The third-order valence-electron chi connectivity index (χ3n) is 3.42. The van der Waals surface area contributed by atoms with Gasteiger partial charge in [-0.05, 0) is 39.8 Å². The van der Waals surface area contributed by atoms with Gasteiger partial charge >= 0.3 is 0 Å². The van der Waals surface area contributed by atoms with Gasteiger partial charge in [-0.3, -0.25) is 0 Å². The fourth-order valence-corrected chi connectivity index (χ4v) is 3.68. The van der Waals surface area contributed by atoms with E-state index in [0.29, 0.717) is 26.2 Å². The summed E-state index contributed by atoms with van der Waals surface area (Å²) in [5, 5.41) is 3.02. The topological polar surface area (TPSA) is 61.9 Å². The molecule has 1 fully saturated rings. The van der Waals surface area contributed by atoms with Gasteiger partial charge in [0.1, 0.15) is 0 Å². The van der Waals surface area contributed by atoms with Crippen LogP contribution in [0, 0.1) is 0 Å². The van der Waals surface area contributed by atoms with Gasteiger partial charge in [-0.15, -0.1) is 0 Å². The highest BCUT2D eigenvalue weighted by Gasteiger charge is 2.30. The van der Waals surface area contributed by atoms with E-state index >= 15 is 0 Å². The predicted octanol–water partition coefficient (Wildman–Crippen LogP) is 0.273. The van der Waals surface area contributed by atoms with Crippen molar-refractivity contribution in [3.63, 3.8) is 0 Å². The summed E-state index contributed by atoms with van der Waals surface area (Å²) >= 11 is 0. The number of hydrogen-bond acceptors (Lipinski definition) is 4. The maximum absolute atomic E-state index is 12.3. The Morgan fingerprint density at radius 1 is 1.37 bits per heavy atom. The van der Waals surface area contributed by atoms with Crippen LogP contribution < -0.4 is 5.32 Å². The first kappa shape index (κ1) is 16.8. The molecule has 1 aliphatic rings. The molecule has 0 aromatic carbocycles. The average Bonchev–Trinajstić information content (AvgIpc) is 2.40. The molecule has 0 radical (unpaired) electrons. The highest BCUT2D eigenvalue weighted by atomic mass is 32.2. The van der Waals surface area contributed by atoms with Gasteiger partial charge in [-0.25, -0.2) is 0 Å². The molecule has 1 saturated heterocycles. The summed E-state index contributed by atoms with van der Waals surface area (Å²) < 4.78 is 33.2. The Morgan fingerprint density at radius 3 is 2.53 bits per heavy atom. The van der Waals surface area contributed by atoms with Crippen LogP contribution in [0.3, 0.4) is 0 Å². The van der Waals surface area contributed by atoms with Gasteiger partial charge in [0, 0.05) is 33.3 Å². The summed E-state index contributed by atoms with van der Waals surface area (Å²) in [7, 11) is 0.223. The normalized spacial score (nSPS) is 19.2. The van der Waals surface area contributed by atoms with Crippen molar-refractivity contribution in [2.45, 2.75) is 32.3 Å². The molecule has 0 atom stereocenters. The molecular weight excluding hydrogens is 266 g/mol. The van der Waals surface area contributed by atoms with Crippen LogP contribution in [0.25, 0.3) is 0 Å². The van der Waals surface area contributed by atoms with Gasteiger partial charge in [0.15, 0.2) is 0 Å². The lowest BCUT2D eigenvalue weighted by atomic mass is 10.1. The predicted molar refractivity (Wildman–Crippen MR) is 76.3 cm³/mol. The SMILES string of the molecule is CCOC1CCN(S(=O)(=O)N(C)CCCNC)CC1. The Balaban J connectivity index is 2.45. The van der Waals surface area contributed by atoms with Crippen molar-refractivity contribution in [1.29, 1.82) is 0 Å². The van der Waals surface area contributed by atoms with E-state index in [1.165, 1.54) is 4.31 Å². The molecule has 0 amide bonds. The summed E-state index contributed by atoms with van der Waals surface area (Å²) in [6.45, 7) is 5.16. The Morgan fingerprint density at radius 2 is 2.00 bits per heavy atom. The lowest BCUT2D eigenvalue weighted by molar-refractivity contribution is 0.0282. The van der Waals surface area contributed by atoms with E-state index in [1.54, 1.807) is 11.4 Å². The molecule has 114 valence electrons. The Hall–Kier alpha value is -0.210. The van der Waals surface area contributed by atoms with Crippen LogP contribution in [0.5, 0.6) is 0 Å². The quantitative estimate of drug-likeness (QED) is 0.653. The van der Waals surface area contributed by atoms with Crippen molar-refractivity contribution in [1.82, 2.24) is 13.9 Å². The lowest BCUT2D eigenvalue weighted by Crippen LogP contribution is -2.47. The number of rotatable bonds is 8. The minimum absolute atomic E-state index is 0.214. The highest BCUT2D eigenvalue weighted by Crippen LogP contribution is 2.18. The van der Waals surface area contributed by atoms with Crippen LogP contribution >= 0.6 is 0 Å². The summed E-state index contributed by atoms with van der Waals surface area (Å²) in [5.74, 6) is 0. The van der Waals surface area contributed by atoms with Crippen molar-refractivity contribution < 1.29 is 13.2 Å². The highest BCUT2D eigenvalue weighted by molar-refractivity contribution is 7.86. The lowest BCUT2D eigenvalue weighted by Gasteiger charge is -2.33. The second-order valence-corrected chi connectivity index (χ2v) is 6.88. The summed E-state index contributed by atoms with van der Waals surface area (Å²) in [6, 6.07) is 0. The van der Waals surface area contributed by atoms with Crippen molar-refractivity contribution in [3.05, 3.63) is 0 Å². The molecule has 0 spiro atoms. The number of nitrogens with one attached hydrogen (secondary N) is 1. The molecule has 1 aliphatic heterocycles. The van der Waals surface area contributed by atoms with E-state index in [-0.39, 0.29) is 6.10 Å². The first-order chi connectivity index (χ1) is 9.02. The minimum Gasteiger partial charge on any atom is -0.378 e. The maximum atomic E-state index is 12.3. The first-order valence-electron chi connectivity index (χ1n) is 7.00.